The molecule has 4 N–H and O–H groups in total. The van der Waals surface area contributed by atoms with Crippen LogP contribution in [-0.2, 0) is 11.2 Å². The molecule has 0 spiro atoms. The molecular formula is C19H22N4O2. The van der Waals surface area contributed by atoms with Gasteiger partial charge in [-0.3, -0.25) is 14.7 Å². The van der Waals surface area contributed by atoms with E-state index >= 15 is 0 Å². The number of carbonyl (C=O) groups excluding carboxylic acids is 2. The molecule has 0 saturated heterocycles. The average molecular weight is 338 g/mol. The van der Waals surface area contributed by atoms with Gasteiger partial charge in [-0.25, -0.2) is 0 Å². The van der Waals surface area contributed by atoms with E-state index in [0.717, 1.165) is 23.1 Å². The van der Waals surface area contributed by atoms with Gasteiger partial charge in [-0.05, 0) is 48.8 Å². The molecule has 1 aromatic heterocycles. The van der Waals surface area contributed by atoms with Gasteiger partial charge in [0.2, 0.25) is 11.8 Å². The van der Waals surface area contributed by atoms with Gasteiger partial charge in [-0.1, -0.05) is 18.6 Å². The second-order valence-corrected chi connectivity index (χ2v) is 7.28. The number of primary amides is 1. The second kappa shape index (κ2) is 6.35. The molecule has 2 aliphatic rings. The third-order valence-corrected chi connectivity index (χ3v) is 5.58. The van der Waals surface area contributed by atoms with Gasteiger partial charge in [0.05, 0.1) is 6.42 Å². The maximum atomic E-state index is 12.2. The highest BCUT2D eigenvalue weighted by Gasteiger charge is 2.40. The summed E-state index contributed by atoms with van der Waals surface area (Å²) in [5.41, 5.74) is 7.56. The van der Waals surface area contributed by atoms with Crippen molar-refractivity contribution in [3.63, 3.8) is 0 Å². The predicted octanol–water partition coefficient (Wildman–Crippen LogP) is 2.59. The molecule has 2 fully saturated rings. The van der Waals surface area contributed by atoms with Crippen LogP contribution in [0.25, 0.3) is 0 Å². The van der Waals surface area contributed by atoms with Gasteiger partial charge in [0.15, 0.2) is 5.82 Å². The van der Waals surface area contributed by atoms with Crippen LogP contribution in [0, 0.1) is 11.8 Å². The van der Waals surface area contributed by atoms with Gasteiger partial charge < -0.3 is 11.1 Å². The fourth-order valence-corrected chi connectivity index (χ4v) is 4.42. The van der Waals surface area contributed by atoms with Crippen LogP contribution in [0.15, 0.2) is 30.3 Å². The minimum Gasteiger partial charge on any atom is -0.366 e. The molecule has 25 heavy (non-hydrogen) atoms. The third-order valence-electron chi connectivity index (χ3n) is 5.58. The number of aromatic amines is 1. The van der Waals surface area contributed by atoms with Crippen molar-refractivity contribution in [1.29, 1.82) is 0 Å². The smallest absolute Gasteiger partial charge is 0.248 e. The van der Waals surface area contributed by atoms with E-state index in [4.69, 9.17) is 5.73 Å². The van der Waals surface area contributed by atoms with E-state index in [1.54, 1.807) is 24.3 Å². The second-order valence-electron chi connectivity index (χ2n) is 7.28. The lowest BCUT2D eigenvalue weighted by Gasteiger charge is -2.19. The van der Waals surface area contributed by atoms with Crippen LogP contribution in [0.2, 0.25) is 0 Å². The summed E-state index contributed by atoms with van der Waals surface area (Å²) >= 11 is 0. The van der Waals surface area contributed by atoms with Crippen molar-refractivity contribution < 1.29 is 9.59 Å². The van der Waals surface area contributed by atoms with Crippen LogP contribution in [0.1, 0.15) is 53.2 Å². The molecule has 130 valence electrons. The van der Waals surface area contributed by atoms with Crippen LogP contribution in [-0.4, -0.2) is 22.0 Å². The van der Waals surface area contributed by atoms with Gasteiger partial charge in [-0.15, -0.1) is 0 Å². The van der Waals surface area contributed by atoms with Gasteiger partial charge in [0.1, 0.15) is 0 Å². The van der Waals surface area contributed by atoms with Gasteiger partial charge in [0, 0.05) is 23.2 Å². The molecule has 3 atom stereocenters. The number of anilines is 1. The fourth-order valence-electron chi connectivity index (χ4n) is 4.42. The molecule has 6 nitrogen and oxygen atoms in total. The van der Waals surface area contributed by atoms with Crippen molar-refractivity contribution >= 4 is 17.6 Å². The summed E-state index contributed by atoms with van der Waals surface area (Å²) in [4.78, 5) is 23.5. The Kier molecular flexibility index (Phi) is 4.03. The Morgan fingerprint density at radius 2 is 2.12 bits per heavy atom. The zero-order valence-corrected chi connectivity index (χ0v) is 14.0. The molecule has 0 radical (unpaired) electrons. The maximum absolute atomic E-state index is 12.2. The number of nitrogens with one attached hydrogen (secondary N) is 2. The van der Waals surface area contributed by atoms with Crippen molar-refractivity contribution in [1.82, 2.24) is 10.2 Å². The van der Waals surface area contributed by atoms with E-state index < -0.39 is 5.91 Å². The number of hydrogen-bond acceptors (Lipinski definition) is 3. The minimum absolute atomic E-state index is 0.160. The van der Waals surface area contributed by atoms with E-state index in [-0.39, 0.29) is 12.3 Å². The number of benzene rings is 1. The Bertz CT molecular complexity index is 813. The number of hydrogen-bond donors (Lipinski definition) is 3. The molecule has 2 aliphatic carbocycles. The predicted molar refractivity (Wildman–Crippen MR) is 94.1 cm³/mol. The summed E-state index contributed by atoms with van der Waals surface area (Å²) in [5, 5.41) is 10.2. The Morgan fingerprint density at radius 1 is 1.24 bits per heavy atom. The molecule has 6 heteroatoms. The first-order valence-corrected chi connectivity index (χ1v) is 8.82. The lowest BCUT2D eigenvalue weighted by atomic mass is 9.86. The van der Waals surface area contributed by atoms with E-state index in [1.165, 1.54) is 25.7 Å². The number of nitrogens with two attached hydrogens (primary N) is 1. The number of aromatic nitrogens is 2. The summed E-state index contributed by atoms with van der Waals surface area (Å²) in [6.07, 6.45) is 5.43. The lowest BCUT2D eigenvalue weighted by molar-refractivity contribution is -0.115. The highest BCUT2D eigenvalue weighted by Crippen LogP contribution is 2.52. The Balaban J connectivity index is 1.38. The van der Waals surface area contributed by atoms with Crippen LogP contribution in [0.3, 0.4) is 0 Å². The SMILES string of the molecule is NC(=O)c1cccc(CC(=O)Nc2cc(C3CC4CCC3C4)[nH]n2)c1. The summed E-state index contributed by atoms with van der Waals surface area (Å²) in [7, 11) is 0. The summed E-state index contributed by atoms with van der Waals surface area (Å²) in [6.45, 7) is 0. The minimum atomic E-state index is -0.495. The Morgan fingerprint density at radius 3 is 2.84 bits per heavy atom. The van der Waals surface area contributed by atoms with Crippen molar-refractivity contribution in [2.45, 2.75) is 38.0 Å². The summed E-state index contributed by atoms with van der Waals surface area (Å²) in [5.74, 6) is 2.11. The number of rotatable bonds is 5. The molecular weight excluding hydrogens is 316 g/mol. The average Bonchev–Trinajstić information content (AvgIpc) is 3.31. The van der Waals surface area contributed by atoms with Crippen molar-refractivity contribution in [3.8, 4) is 0 Å². The monoisotopic (exact) mass is 338 g/mol. The van der Waals surface area contributed by atoms with Gasteiger partial charge in [0.25, 0.3) is 0 Å². The number of carbonyl (C=O) groups is 2. The highest BCUT2D eigenvalue weighted by molar-refractivity contribution is 5.94. The topological polar surface area (TPSA) is 101 Å². The first-order valence-electron chi connectivity index (χ1n) is 8.82. The molecule has 4 rings (SSSR count). The van der Waals surface area contributed by atoms with E-state index in [2.05, 4.69) is 15.5 Å². The molecule has 2 amide bonds. The first-order chi connectivity index (χ1) is 12.1. The molecule has 3 unspecified atom stereocenters. The number of fused-ring (bicyclic) bond motifs is 2. The van der Waals surface area contributed by atoms with Gasteiger partial charge in [-0.2, -0.15) is 5.10 Å². The number of nitrogens with zero attached hydrogens (tertiary/aromatic N) is 1. The summed E-state index contributed by atoms with van der Waals surface area (Å²) < 4.78 is 0. The third kappa shape index (κ3) is 3.29. The highest BCUT2D eigenvalue weighted by atomic mass is 16.2. The van der Waals surface area contributed by atoms with Gasteiger partial charge >= 0.3 is 0 Å². The van der Waals surface area contributed by atoms with Crippen molar-refractivity contribution in [3.05, 3.63) is 47.2 Å². The summed E-state index contributed by atoms with van der Waals surface area (Å²) in [6, 6.07) is 8.77. The Hall–Kier alpha value is -2.63. The molecule has 2 aromatic rings. The normalized spacial score (nSPS) is 24.4. The van der Waals surface area contributed by atoms with Crippen molar-refractivity contribution in [2.75, 3.05) is 5.32 Å². The zero-order valence-electron chi connectivity index (χ0n) is 14.0. The molecule has 2 saturated carbocycles. The molecule has 1 heterocycles. The fraction of sp³-hybridized carbons (Fsp3) is 0.421. The zero-order chi connectivity index (χ0) is 17.4. The largest absolute Gasteiger partial charge is 0.366 e. The lowest BCUT2D eigenvalue weighted by Crippen LogP contribution is -2.16. The number of amides is 2. The van der Waals surface area contributed by atoms with Crippen LogP contribution in [0.5, 0.6) is 0 Å². The standard InChI is InChI=1S/C19H22N4O2/c20-19(25)14-3-1-2-11(7-14)9-18(24)21-17-10-16(22-23-17)15-8-12-4-5-13(15)6-12/h1-3,7,10,12-13,15H,4-6,8-9H2,(H2,20,25)(H2,21,22,23,24). The molecule has 1 aromatic carbocycles. The van der Waals surface area contributed by atoms with Crippen LogP contribution < -0.4 is 11.1 Å². The maximum Gasteiger partial charge on any atom is 0.248 e. The van der Waals surface area contributed by atoms with Crippen LogP contribution in [0.4, 0.5) is 5.82 Å². The molecule has 2 bridgehead atoms. The van der Waals surface area contributed by atoms with E-state index in [0.29, 0.717) is 17.3 Å². The van der Waals surface area contributed by atoms with E-state index in [9.17, 15) is 9.59 Å². The van der Waals surface area contributed by atoms with Crippen molar-refractivity contribution in [2.24, 2.45) is 17.6 Å². The Labute approximate surface area is 146 Å². The first kappa shape index (κ1) is 15.9. The van der Waals surface area contributed by atoms with E-state index in [1.807, 2.05) is 6.07 Å². The number of H-pyrrole nitrogens is 1. The molecule has 0 aliphatic heterocycles. The quantitative estimate of drug-likeness (QED) is 0.781. The van der Waals surface area contributed by atoms with Crippen LogP contribution >= 0.6 is 0 Å².